The Labute approximate surface area is 104 Å². The first-order chi connectivity index (χ1) is 7.09. The maximum Gasteiger partial charge on any atom is 0.139 e. The Hall–Kier alpha value is -0.250. The lowest BCUT2D eigenvalue weighted by Gasteiger charge is -2.11. The van der Waals surface area contributed by atoms with Crippen LogP contribution < -0.4 is 4.74 Å². The number of ether oxygens (including phenoxy) is 1. The van der Waals surface area contributed by atoms with E-state index in [4.69, 9.17) is 16.3 Å². The van der Waals surface area contributed by atoms with Crippen molar-refractivity contribution in [1.82, 2.24) is 4.90 Å². The topological polar surface area (TPSA) is 12.5 Å². The van der Waals surface area contributed by atoms with E-state index in [9.17, 15) is 0 Å². The van der Waals surface area contributed by atoms with Crippen molar-refractivity contribution in [2.45, 2.75) is 6.42 Å². The summed E-state index contributed by atoms with van der Waals surface area (Å²) in [6.07, 6.45) is 0.996. The quantitative estimate of drug-likeness (QED) is 0.771. The van der Waals surface area contributed by atoms with E-state index in [0.29, 0.717) is 11.6 Å². The molecular weight excluding hydrogens is 277 g/mol. The summed E-state index contributed by atoms with van der Waals surface area (Å²) < 4.78 is 6.56. The van der Waals surface area contributed by atoms with Crippen molar-refractivity contribution >= 4 is 27.5 Å². The van der Waals surface area contributed by atoms with E-state index in [1.54, 1.807) is 0 Å². The standard InChI is InChI=1S/C11H15BrClNO/c1-14(2)6-3-7-15-11-8-9(12)4-5-10(11)13/h4-5,8H,3,6-7H2,1-2H3. The van der Waals surface area contributed by atoms with E-state index in [0.717, 1.165) is 23.2 Å². The van der Waals surface area contributed by atoms with Crippen LogP contribution in [0.2, 0.25) is 5.02 Å². The molecule has 0 heterocycles. The molecule has 0 bridgehead atoms. The monoisotopic (exact) mass is 291 g/mol. The van der Waals surface area contributed by atoms with Crippen molar-refractivity contribution in [3.63, 3.8) is 0 Å². The van der Waals surface area contributed by atoms with Gasteiger partial charge in [0.2, 0.25) is 0 Å². The number of benzene rings is 1. The fourth-order valence-corrected chi connectivity index (χ4v) is 1.66. The maximum absolute atomic E-state index is 5.98. The van der Waals surface area contributed by atoms with Crippen LogP contribution in [-0.2, 0) is 0 Å². The number of rotatable bonds is 5. The molecular formula is C11H15BrClNO. The van der Waals surface area contributed by atoms with Crippen LogP contribution in [0, 0.1) is 0 Å². The molecule has 1 rings (SSSR count). The summed E-state index contributed by atoms with van der Waals surface area (Å²) in [5, 5.41) is 0.656. The third kappa shape index (κ3) is 4.87. The first-order valence-electron chi connectivity index (χ1n) is 4.82. The Morgan fingerprint density at radius 2 is 2.13 bits per heavy atom. The third-order valence-electron chi connectivity index (χ3n) is 1.90. The lowest BCUT2D eigenvalue weighted by Crippen LogP contribution is -2.15. The van der Waals surface area contributed by atoms with Crippen molar-refractivity contribution in [3.8, 4) is 5.75 Å². The molecule has 0 fully saturated rings. The van der Waals surface area contributed by atoms with E-state index >= 15 is 0 Å². The minimum absolute atomic E-state index is 0.656. The van der Waals surface area contributed by atoms with Crippen LogP contribution >= 0.6 is 27.5 Å². The van der Waals surface area contributed by atoms with Crippen LogP contribution in [-0.4, -0.2) is 32.1 Å². The molecule has 1 aromatic carbocycles. The first kappa shape index (κ1) is 12.8. The second-order valence-corrected chi connectivity index (χ2v) is 4.90. The molecule has 0 saturated heterocycles. The molecule has 0 aliphatic carbocycles. The number of hydrogen-bond acceptors (Lipinski definition) is 2. The van der Waals surface area contributed by atoms with Gasteiger partial charge in [0, 0.05) is 11.0 Å². The van der Waals surface area contributed by atoms with Crippen LogP contribution in [0.4, 0.5) is 0 Å². The molecule has 2 nitrogen and oxygen atoms in total. The number of nitrogens with zero attached hydrogens (tertiary/aromatic N) is 1. The van der Waals surface area contributed by atoms with Crippen molar-refractivity contribution < 1.29 is 4.74 Å². The summed E-state index contributed by atoms with van der Waals surface area (Å²) in [6.45, 7) is 1.71. The number of halogens is 2. The van der Waals surface area contributed by atoms with Crippen LogP contribution in [0.5, 0.6) is 5.75 Å². The third-order valence-corrected chi connectivity index (χ3v) is 2.71. The Balaban J connectivity index is 2.40. The molecule has 0 atom stereocenters. The van der Waals surface area contributed by atoms with Gasteiger partial charge < -0.3 is 9.64 Å². The summed E-state index contributed by atoms with van der Waals surface area (Å²) in [6, 6.07) is 5.61. The van der Waals surface area contributed by atoms with Crippen molar-refractivity contribution in [3.05, 3.63) is 27.7 Å². The molecule has 0 amide bonds. The predicted octanol–water partition coefficient (Wildman–Crippen LogP) is 3.43. The predicted molar refractivity (Wildman–Crippen MR) is 67.8 cm³/mol. The average Bonchev–Trinajstić information content (AvgIpc) is 2.17. The molecule has 0 aliphatic rings. The Morgan fingerprint density at radius 1 is 1.40 bits per heavy atom. The van der Waals surface area contributed by atoms with Crippen molar-refractivity contribution in [2.24, 2.45) is 0 Å². The molecule has 0 spiro atoms. The Kier molecular flexibility index (Phi) is 5.43. The molecule has 4 heteroatoms. The maximum atomic E-state index is 5.98. The summed E-state index contributed by atoms with van der Waals surface area (Å²) in [4.78, 5) is 2.13. The van der Waals surface area contributed by atoms with Crippen molar-refractivity contribution in [1.29, 1.82) is 0 Å². The van der Waals surface area contributed by atoms with Crippen LogP contribution in [0.1, 0.15) is 6.42 Å². The van der Waals surface area contributed by atoms with Gasteiger partial charge in [-0.1, -0.05) is 27.5 Å². The molecule has 0 aromatic heterocycles. The van der Waals surface area contributed by atoms with Gasteiger partial charge in [-0.3, -0.25) is 0 Å². The zero-order chi connectivity index (χ0) is 11.3. The average molecular weight is 293 g/mol. The van der Waals surface area contributed by atoms with E-state index < -0.39 is 0 Å². The lowest BCUT2D eigenvalue weighted by atomic mass is 10.3. The second-order valence-electron chi connectivity index (χ2n) is 3.58. The van der Waals surface area contributed by atoms with E-state index in [1.165, 1.54) is 0 Å². The smallest absolute Gasteiger partial charge is 0.139 e. The van der Waals surface area contributed by atoms with Crippen molar-refractivity contribution in [2.75, 3.05) is 27.2 Å². The highest BCUT2D eigenvalue weighted by Crippen LogP contribution is 2.27. The summed E-state index contributed by atoms with van der Waals surface area (Å²) in [5.41, 5.74) is 0. The van der Waals surface area contributed by atoms with Crippen LogP contribution in [0.3, 0.4) is 0 Å². The minimum atomic E-state index is 0.656. The second kappa shape index (κ2) is 6.36. The Morgan fingerprint density at radius 3 is 2.80 bits per heavy atom. The molecule has 0 aliphatic heterocycles. The fourth-order valence-electron chi connectivity index (χ4n) is 1.15. The highest BCUT2D eigenvalue weighted by Gasteiger charge is 2.01. The largest absolute Gasteiger partial charge is 0.492 e. The molecule has 0 radical (unpaired) electrons. The van der Waals surface area contributed by atoms with Gasteiger partial charge in [-0.05, 0) is 38.7 Å². The summed E-state index contributed by atoms with van der Waals surface area (Å²) in [5.74, 6) is 0.741. The molecule has 0 unspecified atom stereocenters. The molecule has 0 saturated carbocycles. The van der Waals surface area contributed by atoms with Gasteiger partial charge >= 0.3 is 0 Å². The molecule has 15 heavy (non-hydrogen) atoms. The van der Waals surface area contributed by atoms with E-state index in [2.05, 4.69) is 20.8 Å². The highest BCUT2D eigenvalue weighted by atomic mass is 79.9. The van der Waals surface area contributed by atoms with E-state index in [-0.39, 0.29) is 0 Å². The zero-order valence-corrected chi connectivity index (χ0v) is 11.3. The lowest BCUT2D eigenvalue weighted by molar-refractivity contribution is 0.281. The van der Waals surface area contributed by atoms with Gasteiger partial charge in [0.15, 0.2) is 0 Å². The molecule has 0 N–H and O–H groups in total. The van der Waals surface area contributed by atoms with Gasteiger partial charge in [-0.2, -0.15) is 0 Å². The van der Waals surface area contributed by atoms with Gasteiger partial charge in [0.05, 0.1) is 11.6 Å². The first-order valence-corrected chi connectivity index (χ1v) is 5.99. The van der Waals surface area contributed by atoms with E-state index in [1.807, 2.05) is 32.3 Å². The number of hydrogen-bond donors (Lipinski definition) is 0. The van der Waals surface area contributed by atoms with Crippen LogP contribution in [0.15, 0.2) is 22.7 Å². The van der Waals surface area contributed by atoms with Gasteiger partial charge in [0.25, 0.3) is 0 Å². The highest BCUT2D eigenvalue weighted by molar-refractivity contribution is 9.10. The molecule has 84 valence electrons. The fraction of sp³-hybridized carbons (Fsp3) is 0.455. The molecule has 1 aromatic rings. The van der Waals surface area contributed by atoms with Gasteiger partial charge in [-0.15, -0.1) is 0 Å². The normalized spacial score (nSPS) is 10.7. The summed E-state index contributed by atoms with van der Waals surface area (Å²) >= 11 is 9.36. The van der Waals surface area contributed by atoms with Gasteiger partial charge in [0.1, 0.15) is 5.75 Å². The Bertz CT molecular complexity index is 317. The zero-order valence-electron chi connectivity index (χ0n) is 8.96. The SMILES string of the molecule is CN(C)CCCOc1cc(Br)ccc1Cl. The summed E-state index contributed by atoms with van der Waals surface area (Å²) in [7, 11) is 4.10. The van der Waals surface area contributed by atoms with Gasteiger partial charge in [-0.25, -0.2) is 0 Å². The minimum Gasteiger partial charge on any atom is -0.492 e. The van der Waals surface area contributed by atoms with Crippen LogP contribution in [0.25, 0.3) is 0 Å².